The molecule has 166 valence electrons. The highest BCUT2D eigenvalue weighted by atomic mass is 32.1. The number of rotatable bonds is 7. The number of phenols is 1. The highest BCUT2D eigenvalue weighted by molar-refractivity contribution is 7.20. The van der Waals surface area contributed by atoms with Gasteiger partial charge in [-0.1, -0.05) is 0 Å². The number of carbonyl (C=O) groups is 1. The topological polar surface area (TPSA) is 84.6 Å². The van der Waals surface area contributed by atoms with Gasteiger partial charge in [-0.15, -0.1) is 11.3 Å². The van der Waals surface area contributed by atoms with Gasteiger partial charge in [0.25, 0.3) is 0 Å². The van der Waals surface area contributed by atoms with Crippen LogP contribution in [0.3, 0.4) is 0 Å². The zero-order chi connectivity index (χ0) is 22.9. The Kier molecular flexibility index (Phi) is 5.79. The SMILES string of the molecule is O=C(O)c1cc2c(cc(-c3ccc(O)cc3C(F)(F)F)n2CCCOc2cccnc2)s1. The maximum atomic E-state index is 13.7. The number of hydrogen-bond acceptors (Lipinski definition) is 5. The predicted molar refractivity (Wildman–Crippen MR) is 113 cm³/mol. The normalized spacial score (nSPS) is 11.7. The van der Waals surface area contributed by atoms with Crippen LogP contribution in [0.25, 0.3) is 21.5 Å². The molecule has 32 heavy (non-hydrogen) atoms. The Labute approximate surface area is 184 Å². The number of fused-ring (bicyclic) bond motifs is 1. The second-order valence-corrected chi connectivity index (χ2v) is 8.05. The van der Waals surface area contributed by atoms with Crippen molar-refractivity contribution in [1.82, 2.24) is 9.55 Å². The van der Waals surface area contributed by atoms with Gasteiger partial charge in [-0.3, -0.25) is 4.98 Å². The molecule has 4 aromatic rings. The third-order valence-corrected chi connectivity index (χ3v) is 5.87. The Morgan fingerprint density at radius 1 is 1.19 bits per heavy atom. The van der Waals surface area contributed by atoms with Crippen molar-refractivity contribution in [2.45, 2.75) is 19.1 Å². The molecule has 0 unspecified atom stereocenters. The second kappa shape index (κ2) is 8.54. The molecule has 2 N–H and O–H groups in total. The molecule has 0 fully saturated rings. The number of phenolic OH excluding ortho intramolecular Hbond substituents is 1. The number of alkyl halides is 3. The molecule has 0 amide bonds. The van der Waals surface area contributed by atoms with Crippen LogP contribution >= 0.6 is 11.3 Å². The lowest BCUT2D eigenvalue weighted by atomic mass is 10.0. The first kappa shape index (κ1) is 21.7. The molecule has 0 radical (unpaired) electrons. The molecule has 0 saturated carbocycles. The molecular weight excluding hydrogens is 445 g/mol. The minimum atomic E-state index is -4.67. The van der Waals surface area contributed by atoms with Gasteiger partial charge in [-0.25, -0.2) is 4.79 Å². The van der Waals surface area contributed by atoms with Crippen LogP contribution in [0.4, 0.5) is 13.2 Å². The van der Waals surface area contributed by atoms with Crippen LogP contribution in [0.15, 0.2) is 54.9 Å². The summed E-state index contributed by atoms with van der Waals surface area (Å²) in [4.78, 5) is 15.4. The molecule has 4 rings (SSSR count). The first-order chi connectivity index (χ1) is 15.2. The number of thiophene rings is 1. The molecule has 0 saturated heterocycles. The van der Waals surface area contributed by atoms with Crippen LogP contribution in [0, 0.1) is 0 Å². The number of hydrogen-bond donors (Lipinski definition) is 2. The van der Waals surface area contributed by atoms with Gasteiger partial charge in [0.2, 0.25) is 0 Å². The number of halogens is 3. The lowest BCUT2D eigenvalue weighted by Crippen LogP contribution is -2.10. The Morgan fingerprint density at radius 2 is 2.00 bits per heavy atom. The van der Waals surface area contributed by atoms with Crippen LogP contribution in [-0.4, -0.2) is 32.3 Å². The number of benzene rings is 1. The molecule has 3 heterocycles. The van der Waals surface area contributed by atoms with Crippen LogP contribution in [0.2, 0.25) is 0 Å². The van der Waals surface area contributed by atoms with Crippen molar-refractivity contribution in [3.05, 3.63) is 65.3 Å². The van der Waals surface area contributed by atoms with Crippen molar-refractivity contribution >= 4 is 27.5 Å². The monoisotopic (exact) mass is 462 g/mol. The van der Waals surface area contributed by atoms with E-state index in [4.69, 9.17) is 4.74 Å². The number of pyridine rings is 1. The molecule has 10 heteroatoms. The van der Waals surface area contributed by atoms with Crippen LogP contribution in [-0.2, 0) is 12.7 Å². The summed E-state index contributed by atoms with van der Waals surface area (Å²) in [5, 5.41) is 18.9. The van der Waals surface area contributed by atoms with Gasteiger partial charge in [-0.2, -0.15) is 13.2 Å². The molecule has 0 bridgehead atoms. The van der Waals surface area contributed by atoms with Crippen LogP contribution < -0.4 is 4.74 Å². The summed E-state index contributed by atoms with van der Waals surface area (Å²) < 4.78 is 48.8. The lowest BCUT2D eigenvalue weighted by molar-refractivity contribution is -0.137. The minimum absolute atomic E-state index is 0.0937. The van der Waals surface area contributed by atoms with Crippen molar-refractivity contribution in [3.8, 4) is 22.8 Å². The third-order valence-electron chi connectivity index (χ3n) is 4.81. The van der Waals surface area contributed by atoms with Gasteiger partial charge in [0.05, 0.1) is 34.3 Å². The first-order valence-electron chi connectivity index (χ1n) is 9.54. The van der Waals surface area contributed by atoms with Gasteiger partial charge in [0.1, 0.15) is 16.4 Å². The average Bonchev–Trinajstić information content (AvgIpc) is 3.30. The summed E-state index contributed by atoms with van der Waals surface area (Å²) in [6.07, 6.45) is -1.04. The van der Waals surface area contributed by atoms with Gasteiger partial charge in [-0.05, 0) is 48.9 Å². The summed E-state index contributed by atoms with van der Waals surface area (Å²) in [5.74, 6) is -1.01. The van der Waals surface area contributed by atoms with E-state index in [-0.39, 0.29) is 16.1 Å². The van der Waals surface area contributed by atoms with Crippen molar-refractivity contribution in [2.24, 2.45) is 0 Å². The van der Waals surface area contributed by atoms with E-state index >= 15 is 0 Å². The van der Waals surface area contributed by atoms with Gasteiger partial charge in [0, 0.05) is 18.3 Å². The van der Waals surface area contributed by atoms with Crippen molar-refractivity contribution in [3.63, 3.8) is 0 Å². The van der Waals surface area contributed by atoms with Crippen LogP contribution in [0.5, 0.6) is 11.5 Å². The molecule has 1 aromatic carbocycles. The number of nitrogens with zero attached hydrogens (tertiary/aromatic N) is 2. The van der Waals surface area contributed by atoms with E-state index in [1.807, 2.05) is 0 Å². The molecule has 0 spiro atoms. The maximum Gasteiger partial charge on any atom is 0.417 e. The summed E-state index contributed by atoms with van der Waals surface area (Å²) in [5.41, 5.74) is -0.236. The van der Waals surface area contributed by atoms with E-state index < -0.39 is 23.5 Å². The predicted octanol–water partition coefficient (Wildman–Crippen LogP) is 5.66. The van der Waals surface area contributed by atoms with Crippen LogP contribution in [0.1, 0.15) is 21.7 Å². The average molecular weight is 462 g/mol. The molecule has 0 atom stereocenters. The van der Waals surface area contributed by atoms with E-state index in [0.717, 1.165) is 11.3 Å². The van der Waals surface area contributed by atoms with Crippen molar-refractivity contribution in [2.75, 3.05) is 6.61 Å². The highest BCUT2D eigenvalue weighted by Crippen LogP contribution is 2.42. The summed E-state index contributed by atoms with van der Waals surface area (Å²) >= 11 is 0.997. The minimum Gasteiger partial charge on any atom is -0.508 e. The Balaban J connectivity index is 1.71. The molecule has 0 aliphatic rings. The zero-order valence-electron chi connectivity index (χ0n) is 16.5. The number of ether oxygens (including phenoxy) is 1. The second-order valence-electron chi connectivity index (χ2n) is 6.96. The Morgan fingerprint density at radius 3 is 2.69 bits per heavy atom. The molecule has 0 aliphatic carbocycles. The molecule has 6 nitrogen and oxygen atoms in total. The van der Waals surface area contributed by atoms with E-state index in [9.17, 15) is 28.2 Å². The lowest BCUT2D eigenvalue weighted by Gasteiger charge is -2.16. The quantitative estimate of drug-likeness (QED) is 0.347. The summed E-state index contributed by atoms with van der Waals surface area (Å²) in [6, 6.07) is 9.59. The zero-order valence-corrected chi connectivity index (χ0v) is 17.3. The number of carboxylic acid groups (broad SMARTS) is 1. The largest absolute Gasteiger partial charge is 0.508 e. The standard InChI is InChI=1S/C22H17F3N2O4S/c23-22(24,25)16-9-13(28)4-5-15(16)17-10-19-18(11-20(32-19)21(29)30)27(17)7-2-8-31-14-3-1-6-26-12-14/h1,3-6,9-12,28H,2,7-8H2,(H,29,30). The fraction of sp³-hybridized carbons (Fsp3) is 0.182. The van der Waals surface area contributed by atoms with E-state index in [0.29, 0.717) is 41.6 Å². The van der Waals surface area contributed by atoms with Gasteiger partial charge >= 0.3 is 12.1 Å². The van der Waals surface area contributed by atoms with Gasteiger partial charge < -0.3 is 19.5 Å². The number of carboxylic acids is 1. The number of aromatic hydroxyl groups is 1. The highest BCUT2D eigenvalue weighted by Gasteiger charge is 2.35. The van der Waals surface area contributed by atoms with Crippen molar-refractivity contribution < 1.29 is 32.9 Å². The number of aromatic nitrogens is 2. The summed E-state index contributed by atoms with van der Waals surface area (Å²) in [7, 11) is 0. The smallest absolute Gasteiger partial charge is 0.417 e. The van der Waals surface area contributed by atoms with Crippen molar-refractivity contribution in [1.29, 1.82) is 0 Å². The summed E-state index contributed by atoms with van der Waals surface area (Å²) in [6.45, 7) is 0.593. The fourth-order valence-electron chi connectivity index (χ4n) is 3.45. The van der Waals surface area contributed by atoms with E-state index in [2.05, 4.69) is 4.98 Å². The molecule has 3 aromatic heterocycles. The van der Waals surface area contributed by atoms with Gasteiger partial charge in [0.15, 0.2) is 0 Å². The maximum absolute atomic E-state index is 13.7. The Hall–Kier alpha value is -3.53. The Bertz CT molecular complexity index is 1270. The fourth-order valence-corrected chi connectivity index (χ4v) is 4.39. The first-order valence-corrected chi connectivity index (χ1v) is 10.4. The molecular formula is C22H17F3N2O4S. The van der Waals surface area contributed by atoms with E-state index in [1.165, 1.54) is 18.2 Å². The number of aromatic carboxylic acids is 1. The third kappa shape index (κ3) is 4.40. The van der Waals surface area contributed by atoms with E-state index in [1.54, 1.807) is 35.2 Å². The molecule has 0 aliphatic heterocycles. The number of aryl methyl sites for hydroxylation is 1.